The first-order valence-corrected chi connectivity index (χ1v) is 10.9. The molecule has 6 heteroatoms. The van der Waals surface area contributed by atoms with Gasteiger partial charge in [0.05, 0.1) is 17.8 Å². The van der Waals surface area contributed by atoms with Crippen LogP contribution in [0.4, 0.5) is 0 Å². The van der Waals surface area contributed by atoms with Crippen LogP contribution in [0, 0.1) is 20.8 Å². The zero-order valence-corrected chi connectivity index (χ0v) is 18.0. The fourth-order valence-corrected chi connectivity index (χ4v) is 5.58. The maximum atomic E-state index is 12.2. The Morgan fingerprint density at radius 3 is 2.60 bits per heavy atom. The van der Waals surface area contributed by atoms with Crippen molar-refractivity contribution >= 4 is 10.9 Å². The van der Waals surface area contributed by atoms with Crippen LogP contribution < -0.4 is 5.56 Å². The van der Waals surface area contributed by atoms with Crippen LogP contribution in [0.5, 0.6) is 0 Å². The number of aromatic amines is 1. The molecule has 0 radical (unpaired) electrons. The molecule has 30 heavy (non-hydrogen) atoms. The van der Waals surface area contributed by atoms with Gasteiger partial charge < -0.3 is 10.1 Å². The highest BCUT2D eigenvalue weighted by Crippen LogP contribution is 2.42. The van der Waals surface area contributed by atoms with Gasteiger partial charge in [0.1, 0.15) is 0 Å². The number of benzene rings is 1. The molecular weight excluding hydrogens is 376 g/mol. The van der Waals surface area contributed by atoms with Gasteiger partial charge in [-0.3, -0.25) is 9.69 Å². The van der Waals surface area contributed by atoms with Crippen LogP contribution in [-0.4, -0.2) is 42.5 Å². The van der Waals surface area contributed by atoms with E-state index in [1.165, 1.54) is 38.5 Å². The van der Waals surface area contributed by atoms with E-state index < -0.39 is 5.60 Å². The van der Waals surface area contributed by atoms with Gasteiger partial charge in [0.2, 0.25) is 0 Å². The number of fused-ring (bicyclic) bond motifs is 3. The predicted octanol–water partition coefficient (Wildman–Crippen LogP) is 3.21. The van der Waals surface area contributed by atoms with Gasteiger partial charge in [-0.1, -0.05) is 11.6 Å². The number of nitrogens with one attached hydrogen (secondary N) is 1. The minimum Gasteiger partial charge on any atom is -0.388 e. The van der Waals surface area contributed by atoms with Crippen molar-refractivity contribution in [2.75, 3.05) is 0 Å². The number of aryl methyl sites for hydroxylation is 3. The van der Waals surface area contributed by atoms with E-state index in [4.69, 9.17) is 0 Å². The Morgan fingerprint density at radius 1 is 1.13 bits per heavy atom. The zero-order valence-electron chi connectivity index (χ0n) is 18.0. The first-order chi connectivity index (χ1) is 14.3. The van der Waals surface area contributed by atoms with E-state index in [9.17, 15) is 9.90 Å². The quantitative estimate of drug-likeness (QED) is 0.698. The van der Waals surface area contributed by atoms with Crippen molar-refractivity contribution in [3.63, 3.8) is 0 Å². The highest BCUT2D eigenvalue weighted by atomic mass is 16.3. The largest absolute Gasteiger partial charge is 0.388 e. The lowest BCUT2D eigenvalue weighted by molar-refractivity contribution is -0.0680. The fourth-order valence-electron chi connectivity index (χ4n) is 5.58. The third-order valence-corrected chi connectivity index (χ3v) is 7.10. The average Bonchev–Trinajstić information content (AvgIpc) is 3.13. The lowest BCUT2D eigenvalue weighted by Crippen LogP contribution is -2.53. The van der Waals surface area contributed by atoms with Crippen LogP contribution in [0.25, 0.3) is 10.9 Å². The maximum Gasteiger partial charge on any atom is 0.266 e. The van der Waals surface area contributed by atoms with Crippen LogP contribution in [0.15, 0.2) is 35.1 Å². The SMILES string of the molecule is Cc1ccc2[nH]c(CN3[C@@H]4CC[C@@H]3CC(O)(Cn3nc(C)ccc3=O)C4)c(C)c2c1. The molecular formula is C24H30N4O2. The van der Waals surface area contributed by atoms with E-state index in [1.807, 2.05) is 6.92 Å². The molecule has 0 spiro atoms. The highest BCUT2D eigenvalue weighted by molar-refractivity contribution is 5.85. The van der Waals surface area contributed by atoms with Crippen molar-refractivity contribution < 1.29 is 5.11 Å². The molecule has 158 valence electrons. The van der Waals surface area contributed by atoms with Crippen LogP contribution in [0.3, 0.4) is 0 Å². The molecule has 2 fully saturated rings. The van der Waals surface area contributed by atoms with Gasteiger partial charge in [-0.25, -0.2) is 4.68 Å². The van der Waals surface area contributed by atoms with Crippen molar-refractivity contribution in [1.82, 2.24) is 19.7 Å². The molecule has 2 aliphatic rings. The normalized spacial score (nSPS) is 26.5. The van der Waals surface area contributed by atoms with Gasteiger partial charge >= 0.3 is 0 Å². The molecule has 2 atom stereocenters. The number of H-pyrrole nitrogens is 1. The topological polar surface area (TPSA) is 74.2 Å². The van der Waals surface area contributed by atoms with Crippen molar-refractivity contribution in [3.8, 4) is 0 Å². The Balaban J connectivity index is 1.36. The maximum absolute atomic E-state index is 12.2. The average molecular weight is 407 g/mol. The fraction of sp³-hybridized carbons (Fsp3) is 0.500. The molecule has 2 bridgehead atoms. The number of piperidine rings is 1. The van der Waals surface area contributed by atoms with Crippen molar-refractivity contribution in [3.05, 3.63) is 63.2 Å². The van der Waals surface area contributed by atoms with E-state index in [-0.39, 0.29) is 12.1 Å². The molecule has 0 saturated carbocycles. The Bertz CT molecular complexity index is 1150. The Morgan fingerprint density at radius 2 is 1.87 bits per heavy atom. The summed E-state index contributed by atoms with van der Waals surface area (Å²) >= 11 is 0. The second kappa shape index (κ2) is 7.06. The van der Waals surface area contributed by atoms with E-state index >= 15 is 0 Å². The Labute approximate surface area is 176 Å². The van der Waals surface area contributed by atoms with E-state index in [1.54, 1.807) is 6.07 Å². The first kappa shape index (κ1) is 19.5. The van der Waals surface area contributed by atoms with Gasteiger partial charge in [-0.15, -0.1) is 0 Å². The van der Waals surface area contributed by atoms with Crippen molar-refractivity contribution in [2.45, 2.75) is 77.2 Å². The first-order valence-electron chi connectivity index (χ1n) is 10.9. The molecule has 0 aliphatic carbocycles. The number of hydrogen-bond acceptors (Lipinski definition) is 4. The monoisotopic (exact) mass is 406 g/mol. The molecule has 2 aliphatic heterocycles. The highest BCUT2D eigenvalue weighted by Gasteiger charge is 2.48. The summed E-state index contributed by atoms with van der Waals surface area (Å²) < 4.78 is 1.44. The van der Waals surface area contributed by atoms with Crippen LogP contribution in [-0.2, 0) is 13.1 Å². The standard InChI is InChI=1S/C24H30N4O2/c1-15-4-8-21-20(10-15)17(3)22(25-21)13-27-18-6-7-19(27)12-24(30,11-18)14-28-23(29)9-5-16(2)26-28/h4-5,8-10,18-19,25,30H,6-7,11-14H2,1-3H3/t18-,19-/m1/s1. The second-order valence-electron chi connectivity index (χ2n) is 9.44. The second-order valence-corrected chi connectivity index (χ2v) is 9.44. The summed E-state index contributed by atoms with van der Waals surface area (Å²) in [6.45, 7) is 7.36. The smallest absolute Gasteiger partial charge is 0.266 e. The Kier molecular flexibility index (Phi) is 4.60. The lowest BCUT2D eigenvalue weighted by atomic mass is 9.85. The summed E-state index contributed by atoms with van der Waals surface area (Å²) in [6.07, 6.45) is 3.57. The number of aliphatic hydroxyl groups is 1. The summed E-state index contributed by atoms with van der Waals surface area (Å²) in [5.74, 6) is 0. The van der Waals surface area contributed by atoms with Gasteiger partial charge in [-0.05, 0) is 70.2 Å². The number of aromatic nitrogens is 3. The molecule has 2 saturated heterocycles. The summed E-state index contributed by atoms with van der Waals surface area (Å²) in [5.41, 5.74) is 4.84. The number of hydrogen-bond donors (Lipinski definition) is 2. The minimum absolute atomic E-state index is 0.146. The molecule has 3 aromatic rings. The molecule has 2 aromatic heterocycles. The van der Waals surface area contributed by atoms with Crippen LogP contribution >= 0.6 is 0 Å². The zero-order chi connectivity index (χ0) is 21.0. The van der Waals surface area contributed by atoms with E-state index in [0.29, 0.717) is 24.9 Å². The third kappa shape index (κ3) is 3.38. The summed E-state index contributed by atoms with van der Waals surface area (Å²) in [7, 11) is 0. The van der Waals surface area contributed by atoms with Gasteiger partial charge in [-0.2, -0.15) is 5.10 Å². The molecule has 0 amide bonds. The van der Waals surface area contributed by atoms with E-state index in [2.05, 4.69) is 47.0 Å². The van der Waals surface area contributed by atoms with Crippen molar-refractivity contribution in [2.24, 2.45) is 0 Å². The lowest BCUT2D eigenvalue weighted by Gasteiger charge is -2.43. The molecule has 2 N–H and O–H groups in total. The summed E-state index contributed by atoms with van der Waals surface area (Å²) in [5, 5.41) is 17.0. The van der Waals surface area contributed by atoms with E-state index in [0.717, 1.165) is 25.1 Å². The number of rotatable bonds is 4. The molecule has 0 unspecified atom stereocenters. The minimum atomic E-state index is -0.875. The van der Waals surface area contributed by atoms with Crippen molar-refractivity contribution in [1.29, 1.82) is 0 Å². The molecule has 6 nitrogen and oxygen atoms in total. The summed E-state index contributed by atoms with van der Waals surface area (Å²) in [4.78, 5) is 18.4. The Hall–Kier alpha value is -2.44. The van der Waals surface area contributed by atoms with Gasteiger partial charge in [0.25, 0.3) is 5.56 Å². The molecule has 1 aromatic carbocycles. The van der Waals surface area contributed by atoms with Crippen LogP contribution in [0.1, 0.15) is 48.2 Å². The van der Waals surface area contributed by atoms with Gasteiger partial charge in [0.15, 0.2) is 0 Å². The van der Waals surface area contributed by atoms with Crippen LogP contribution in [0.2, 0.25) is 0 Å². The predicted molar refractivity (Wildman–Crippen MR) is 118 cm³/mol. The number of nitrogens with zero attached hydrogens (tertiary/aromatic N) is 3. The molecule has 5 rings (SSSR count). The summed E-state index contributed by atoms with van der Waals surface area (Å²) in [6, 6.07) is 10.5. The van der Waals surface area contributed by atoms with Gasteiger partial charge in [0, 0.05) is 41.3 Å². The third-order valence-electron chi connectivity index (χ3n) is 7.10. The molecule has 4 heterocycles.